The Labute approximate surface area is 211 Å². The minimum Gasteiger partial charge on any atom is -0.496 e. The predicted octanol–water partition coefficient (Wildman–Crippen LogP) is 4.68. The standard InChI is InChI=1S/C26H24ClN3O6/c1-14(7-9-34-2)29-23-24(26(33)25(23)32)30-19-5-4-16(11-18(19)27)36-21-6-8-28-20-12-22(35-3)15(13-31)10-17(20)21/h4-6,8,10-14,29-30H,7,9H2,1-3H3. The summed E-state index contributed by atoms with van der Waals surface area (Å²) in [5.41, 5.74) is 0.607. The Morgan fingerprint density at radius 2 is 1.83 bits per heavy atom. The molecule has 0 radical (unpaired) electrons. The Balaban J connectivity index is 1.56. The van der Waals surface area contributed by atoms with Crippen LogP contribution < -0.4 is 31.0 Å². The first-order chi connectivity index (χ1) is 17.4. The van der Waals surface area contributed by atoms with Crippen LogP contribution in [-0.4, -0.2) is 38.1 Å². The van der Waals surface area contributed by atoms with Crippen LogP contribution >= 0.6 is 11.6 Å². The molecule has 0 saturated carbocycles. The number of aldehydes is 1. The van der Waals surface area contributed by atoms with Crippen molar-refractivity contribution in [2.45, 2.75) is 19.4 Å². The van der Waals surface area contributed by atoms with E-state index in [4.69, 9.17) is 25.8 Å². The quantitative estimate of drug-likeness (QED) is 0.219. The van der Waals surface area contributed by atoms with Crippen LogP contribution in [0.2, 0.25) is 5.02 Å². The molecule has 0 fully saturated rings. The molecule has 10 heteroatoms. The third-order valence-electron chi connectivity index (χ3n) is 5.66. The summed E-state index contributed by atoms with van der Waals surface area (Å²) in [6.45, 7) is 2.42. The Morgan fingerprint density at radius 1 is 1.06 bits per heavy atom. The van der Waals surface area contributed by atoms with E-state index in [1.54, 1.807) is 49.7 Å². The smallest absolute Gasteiger partial charge is 0.253 e. The SMILES string of the molecule is COCCC(C)Nc1c(Nc2ccc(Oc3ccnc4cc(OC)c(C=O)cc34)cc2Cl)c(=O)c1=O. The molecule has 0 spiro atoms. The lowest BCUT2D eigenvalue weighted by molar-refractivity contribution is 0.112. The van der Waals surface area contributed by atoms with Crippen molar-refractivity contribution in [2.24, 2.45) is 0 Å². The van der Waals surface area contributed by atoms with E-state index in [0.717, 1.165) is 0 Å². The Kier molecular flexibility index (Phi) is 7.52. The zero-order valence-corrected chi connectivity index (χ0v) is 20.6. The van der Waals surface area contributed by atoms with Gasteiger partial charge in [0.2, 0.25) is 0 Å². The maximum Gasteiger partial charge on any atom is 0.253 e. The molecule has 0 aliphatic heterocycles. The summed E-state index contributed by atoms with van der Waals surface area (Å²) in [6.07, 6.45) is 2.96. The van der Waals surface area contributed by atoms with Gasteiger partial charge in [0.25, 0.3) is 10.9 Å². The molecule has 9 nitrogen and oxygen atoms in total. The van der Waals surface area contributed by atoms with Gasteiger partial charge in [-0.05, 0) is 37.6 Å². The molecule has 3 aromatic carbocycles. The highest BCUT2D eigenvalue weighted by atomic mass is 35.5. The number of nitrogens with one attached hydrogen (secondary N) is 2. The molecule has 186 valence electrons. The number of hydrogen-bond acceptors (Lipinski definition) is 9. The lowest BCUT2D eigenvalue weighted by Gasteiger charge is -2.20. The van der Waals surface area contributed by atoms with Crippen molar-refractivity contribution < 1.29 is 19.0 Å². The van der Waals surface area contributed by atoms with Crippen LogP contribution in [0.4, 0.5) is 17.1 Å². The minimum absolute atomic E-state index is 0.0602. The lowest BCUT2D eigenvalue weighted by atomic mass is 10.1. The van der Waals surface area contributed by atoms with Gasteiger partial charge in [0.05, 0.1) is 28.9 Å². The molecule has 4 aromatic rings. The number of nitrogens with zero attached hydrogens (tertiary/aromatic N) is 1. The maximum absolute atomic E-state index is 12.2. The second-order valence-electron chi connectivity index (χ2n) is 8.14. The number of fused-ring (bicyclic) bond motifs is 1. The number of pyridine rings is 1. The summed E-state index contributed by atoms with van der Waals surface area (Å²) in [5, 5.41) is 6.92. The number of methoxy groups -OCH3 is 2. The van der Waals surface area contributed by atoms with E-state index in [9.17, 15) is 14.4 Å². The van der Waals surface area contributed by atoms with Gasteiger partial charge in [0, 0.05) is 43.5 Å². The number of hydrogen-bond donors (Lipinski definition) is 2. The first kappa shape index (κ1) is 25.2. The van der Waals surface area contributed by atoms with Gasteiger partial charge in [-0.2, -0.15) is 0 Å². The van der Waals surface area contributed by atoms with E-state index in [1.165, 1.54) is 7.11 Å². The molecule has 36 heavy (non-hydrogen) atoms. The van der Waals surface area contributed by atoms with Gasteiger partial charge < -0.3 is 24.8 Å². The second kappa shape index (κ2) is 10.8. The molecule has 2 N–H and O–H groups in total. The third kappa shape index (κ3) is 5.02. The van der Waals surface area contributed by atoms with Crippen molar-refractivity contribution in [3.63, 3.8) is 0 Å². The van der Waals surface area contributed by atoms with Crippen molar-refractivity contribution in [1.82, 2.24) is 4.98 Å². The first-order valence-electron chi connectivity index (χ1n) is 11.1. The fraction of sp³-hybridized carbons (Fsp3) is 0.231. The van der Waals surface area contributed by atoms with Crippen molar-refractivity contribution >= 4 is 45.9 Å². The van der Waals surface area contributed by atoms with Crippen LogP contribution in [-0.2, 0) is 4.74 Å². The van der Waals surface area contributed by atoms with Crippen molar-refractivity contribution in [1.29, 1.82) is 0 Å². The van der Waals surface area contributed by atoms with Gasteiger partial charge in [0.15, 0.2) is 6.29 Å². The number of halogens is 1. The Bertz CT molecular complexity index is 1500. The van der Waals surface area contributed by atoms with Gasteiger partial charge in [-0.1, -0.05) is 11.6 Å². The third-order valence-corrected chi connectivity index (χ3v) is 5.98. The largest absolute Gasteiger partial charge is 0.496 e. The minimum atomic E-state index is -0.613. The zero-order valence-electron chi connectivity index (χ0n) is 19.9. The van der Waals surface area contributed by atoms with Gasteiger partial charge >= 0.3 is 0 Å². The van der Waals surface area contributed by atoms with Crippen LogP contribution in [0.5, 0.6) is 17.2 Å². The van der Waals surface area contributed by atoms with E-state index in [1.807, 2.05) is 6.92 Å². The molecule has 1 heterocycles. The summed E-state index contributed by atoms with van der Waals surface area (Å²) in [5.74, 6) is 1.32. The number of benzene rings is 2. The highest BCUT2D eigenvalue weighted by Gasteiger charge is 2.23. The monoisotopic (exact) mass is 509 g/mol. The summed E-state index contributed by atoms with van der Waals surface area (Å²) < 4.78 is 16.3. The van der Waals surface area contributed by atoms with Crippen molar-refractivity contribution in [3.05, 3.63) is 73.6 Å². The second-order valence-corrected chi connectivity index (χ2v) is 8.55. The van der Waals surface area contributed by atoms with E-state index in [0.29, 0.717) is 58.7 Å². The normalized spacial score (nSPS) is 11.9. The average molecular weight is 510 g/mol. The Morgan fingerprint density at radius 3 is 2.53 bits per heavy atom. The average Bonchev–Trinajstić information content (AvgIpc) is 2.89. The van der Waals surface area contributed by atoms with Crippen LogP contribution in [0.3, 0.4) is 0 Å². The first-order valence-corrected chi connectivity index (χ1v) is 11.5. The van der Waals surface area contributed by atoms with E-state index < -0.39 is 10.9 Å². The van der Waals surface area contributed by atoms with Crippen LogP contribution in [0.25, 0.3) is 10.9 Å². The fourth-order valence-electron chi connectivity index (χ4n) is 3.71. The number of ether oxygens (including phenoxy) is 3. The van der Waals surface area contributed by atoms with E-state index >= 15 is 0 Å². The molecular weight excluding hydrogens is 486 g/mol. The number of rotatable bonds is 11. The molecule has 1 atom stereocenters. The van der Waals surface area contributed by atoms with Gasteiger partial charge in [-0.25, -0.2) is 0 Å². The van der Waals surface area contributed by atoms with Gasteiger partial charge in [0.1, 0.15) is 28.6 Å². The summed E-state index contributed by atoms with van der Waals surface area (Å²) in [4.78, 5) is 40.0. The molecule has 1 aromatic heterocycles. The van der Waals surface area contributed by atoms with E-state index in [-0.39, 0.29) is 22.4 Å². The number of carbonyl (C=O) groups excluding carboxylic acids is 1. The predicted molar refractivity (Wildman–Crippen MR) is 139 cm³/mol. The molecule has 0 amide bonds. The van der Waals surface area contributed by atoms with Crippen LogP contribution in [0.15, 0.2) is 52.2 Å². The molecule has 0 aliphatic carbocycles. The molecule has 0 saturated heterocycles. The molecule has 0 aliphatic rings. The number of carbonyl (C=O) groups is 1. The molecule has 1 unspecified atom stereocenters. The Hall–Kier alpha value is -3.95. The highest BCUT2D eigenvalue weighted by Crippen LogP contribution is 2.36. The van der Waals surface area contributed by atoms with Crippen molar-refractivity contribution in [3.8, 4) is 17.2 Å². The van der Waals surface area contributed by atoms with E-state index in [2.05, 4.69) is 15.6 Å². The molecular formula is C26H24ClN3O6. The fourth-order valence-corrected chi connectivity index (χ4v) is 3.92. The van der Waals surface area contributed by atoms with Crippen molar-refractivity contribution in [2.75, 3.05) is 31.5 Å². The molecule has 0 bridgehead atoms. The van der Waals surface area contributed by atoms with Crippen LogP contribution in [0.1, 0.15) is 23.7 Å². The summed E-state index contributed by atoms with van der Waals surface area (Å²) in [6, 6.07) is 9.83. The number of aromatic nitrogens is 1. The van der Waals surface area contributed by atoms with Gasteiger partial charge in [-0.3, -0.25) is 19.4 Å². The topological polar surface area (TPSA) is 116 Å². The molecule has 4 rings (SSSR count). The summed E-state index contributed by atoms with van der Waals surface area (Å²) >= 11 is 6.46. The summed E-state index contributed by atoms with van der Waals surface area (Å²) in [7, 11) is 3.08. The highest BCUT2D eigenvalue weighted by molar-refractivity contribution is 6.33. The maximum atomic E-state index is 12.2. The van der Waals surface area contributed by atoms with Gasteiger partial charge in [-0.15, -0.1) is 0 Å². The van der Waals surface area contributed by atoms with Crippen LogP contribution in [0, 0.1) is 0 Å². The zero-order chi connectivity index (χ0) is 25.8. The lowest BCUT2D eigenvalue weighted by Crippen LogP contribution is -2.38. The number of anilines is 3.